The van der Waals surface area contributed by atoms with Crippen molar-refractivity contribution in [1.82, 2.24) is 0 Å². The Morgan fingerprint density at radius 1 is 0.283 bits per heavy atom. The first kappa shape index (κ1) is 99.9. The third-order valence-corrected chi connectivity index (χ3v) is 17.5. The number of allylic oxidation sites excluding steroid dienone is 31. The molecule has 5 unspecified atom stereocenters. The highest BCUT2D eigenvalue weighted by molar-refractivity contribution is 7.47. The van der Waals surface area contributed by atoms with Crippen molar-refractivity contribution in [2.45, 2.75) is 290 Å². The van der Waals surface area contributed by atoms with E-state index >= 15 is 0 Å². The molecular weight excluding hydrogens is 1380 g/mol. The third kappa shape index (κ3) is 76.1. The summed E-state index contributed by atoms with van der Waals surface area (Å²) in [5.41, 5.74) is 0. The summed E-state index contributed by atoms with van der Waals surface area (Å²) in [5, 5.41) is 10.6. The van der Waals surface area contributed by atoms with Crippen LogP contribution in [0.15, 0.2) is 194 Å². The van der Waals surface area contributed by atoms with E-state index in [0.29, 0.717) is 32.1 Å². The van der Waals surface area contributed by atoms with Gasteiger partial charge in [0.05, 0.1) is 32.8 Å². The largest absolute Gasteiger partial charge is 0.472 e. The monoisotopic (exact) mass is 1520 g/mol. The number of unbranched alkanes of at least 4 members (excludes halogenated alkanes) is 15. The maximum atomic E-state index is 13.1. The van der Waals surface area contributed by atoms with Crippen LogP contribution < -0.4 is 0 Å². The van der Waals surface area contributed by atoms with Gasteiger partial charge in [-0.15, -0.1) is 0 Å². The highest BCUT2D eigenvalue weighted by Crippen LogP contribution is 2.45. The molecule has 0 heterocycles. The zero-order valence-corrected chi connectivity index (χ0v) is 67.1. The molecule has 0 aromatic rings. The molecule has 0 aliphatic heterocycles. The minimum absolute atomic E-state index is 0.00276. The zero-order chi connectivity index (χ0) is 77.4. The Kier molecular flexibility index (Phi) is 72.6. The Morgan fingerprint density at radius 3 is 0.877 bits per heavy atom. The molecule has 0 radical (unpaired) electrons. The van der Waals surface area contributed by atoms with Crippen LogP contribution in [-0.2, 0) is 65.4 Å². The van der Waals surface area contributed by atoms with Gasteiger partial charge in [0.25, 0.3) is 0 Å². The average Bonchev–Trinajstić information content (AvgIpc) is 0.907. The van der Waals surface area contributed by atoms with Crippen molar-refractivity contribution in [2.75, 3.05) is 39.6 Å². The lowest BCUT2D eigenvalue weighted by molar-refractivity contribution is -0.161. The number of rotatable bonds is 72. The van der Waals surface area contributed by atoms with E-state index in [0.717, 1.165) is 167 Å². The molecule has 0 aliphatic carbocycles. The number of carbonyl (C=O) groups excluding carboxylic acids is 4. The van der Waals surface area contributed by atoms with Crippen LogP contribution in [0.3, 0.4) is 0 Å². The van der Waals surface area contributed by atoms with Gasteiger partial charge in [-0.25, -0.2) is 9.13 Å². The number of phosphoric ester groups is 2. The third-order valence-electron chi connectivity index (χ3n) is 15.6. The van der Waals surface area contributed by atoms with E-state index < -0.39 is 97.5 Å². The van der Waals surface area contributed by atoms with Crippen molar-refractivity contribution in [3.8, 4) is 0 Å². The molecule has 0 aliphatic rings. The molecule has 0 fully saturated rings. The molecule has 0 rings (SSSR count). The fourth-order valence-corrected chi connectivity index (χ4v) is 11.2. The Hall–Kier alpha value is -6.10. The Labute approximate surface area is 640 Å². The fraction of sp³-hybridized carbons (Fsp3) is 0.586. The van der Waals surface area contributed by atoms with E-state index in [2.05, 4.69) is 186 Å². The summed E-state index contributed by atoms with van der Waals surface area (Å²) < 4.78 is 68.4. The van der Waals surface area contributed by atoms with Crippen LogP contribution in [-0.4, -0.2) is 96.7 Å². The predicted octanol–water partition coefficient (Wildman–Crippen LogP) is 23.3. The summed E-state index contributed by atoms with van der Waals surface area (Å²) in [6, 6.07) is 0. The Morgan fingerprint density at radius 2 is 0.538 bits per heavy atom. The topological polar surface area (TPSA) is 237 Å². The first-order valence-corrected chi connectivity index (χ1v) is 42.7. The lowest BCUT2D eigenvalue weighted by Gasteiger charge is -2.21. The van der Waals surface area contributed by atoms with Gasteiger partial charge < -0.3 is 33.8 Å². The van der Waals surface area contributed by atoms with Gasteiger partial charge in [-0.3, -0.25) is 37.3 Å². The summed E-state index contributed by atoms with van der Waals surface area (Å²) in [6.45, 7) is 4.26. The van der Waals surface area contributed by atoms with Crippen LogP contribution in [0.1, 0.15) is 272 Å². The summed E-state index contributed by atoms with van der Waals surface area (Å²) in [6.07, 6.45) is 94.5. The normalized spacial score (nSPS) is 14.9. The van der Waals surface area contributed by atoms with Crippen molar-refractivity contribution in [2.24, 2.45) is 0 Å². The Bertz CT molecular complexity index is 2780. The van der Waals surface area contributed by atoms with E-state index in [9.17, 15) is 43.2 Å². The van der Waals surface area contributed by atoms with E-state index in [1.54, 1.807) is 6.08 Å². The summed E-state index contributed by atoms with van der Waals surface area (Å²) in [5.74, 6) is -2.44. The summed E-state index contributed by atoms with van der Waals surface area (Å²) >= 11 is 0. The van der Waals surface area contributed by atoms with Crippen molar-refractivity contribution < 1.29 is 80.2 Å². The quantitative estimate of drug-likeness (QED) is 0.0169. The van der Waals surface area contributed by atoms with Crippen LogP contribution >= 0.6 is 15.6 Å². The van der Waals surface area contributed by atoms with Gasteiger partial charge in [-0.1, -0.05) is 280 Å². The molecule has 0 aromatic heterocycles. The van der Waals surface area contributed by atoms with E-state index in [1.165, 1.54) is 19.3 Å². The van der Waals surface area contributed by atoms with E-state index in [4.69, 9.17) is 37.0 Å². The van der Waals surface area contributed by atoms with Crippen LogP contribution in [0, 0.1) is 0 Å². The van der Waals surface area contributed by atoms with E-state index in [-0.39, 0.29) is 25.7 Å². The van der Waals surface area contributed by atoms with Crippen LogP contribution in [0.5, 0.6) is 0 Å². The van der Waals surface area contributed by atoms with Crippen molar-refractivity contribution >= 4 is 39.5 Å². The number of phosphoric acid groups is 2. The molecule has 19 heteroatoms. The first-order chi connectivity index (χ1) is 51.7. The maximum Gasteiger partial charge on any atom is 0.472 e. The Balaban J connectivity index is 5.53. The molecule has 106 heavy (non-hydrogen) atoms. The second kappa shape index (κ2) is 77.1. The molecule has 0 amide bonds. The van der Waals surface area contributed by atoms with Gasteiger partial charge in [0.1, 0.15) is 19.3 Å². The molecule has 17 nitrogen and oxygen atoms in total. The molecule has 0 aromatic carbocycles. The van der Waals surface area contributed by atoms with Crippen molar-refractivity contribution in [1.29, 1.82) is 0 Å². The highest BCUT2D eigenvalue weighted by Gasteiger charge is 2.30. The highest BCUT2D eigenvalue weighted by atomic mass is 31.2. The SMILES string of the molecule is CC/C=C\C/C=C\C/C=C\C/C=C\C/C=C\CCCC(=O)OC(COC(=O)CCCCCCCC/C=C\C/C=C\C/C=C\C/C=C\CC)COP(=O)(O)OCC(O)COP(=O)(O)OCC(COC(=O)C/C=C\C/C=C\C/C=C\C/C=C\C/C=C\CC)OC(=O)CCCCCCC/C=C\C/C=C\CCCCC. The molecular formula is C87H138O17P2. The number of aliphatic hydroxyl groups is 1. The number of hydrogen-bond donors (Lipinski definition) is 3. The van der Waals surface area contributed by atoms with Gasteiger partial charge in [-0.05, 0) is 161 Å². The smallest absolute Gasteiger partial charge is 0.462 e. The molecule has 0 saturated heterocycles. The van der Waals surface area contributed by atoms with Crippen LogP contribution in [0.25, 0.3) is 0 Å². The first-order valence-electron chi connectivity index (χ1n) is 39.7. The minimum atomic E-state index is -5.02. The number of esters is 4. The number of carbonyl (C=O) groups is 4. The van der Waals surface area contributed by atoms with Gasteiger partial charge in [0, 0.05) is 19.3 Å². The molecule has 5 atom stereocenters. The van der Waals surface area contributed by atoms with Crippen LogP contribution in [0.2, 0.25) is 0 Å². The molecule has 0 bridgehead atoms. The van der Waals surface area contributed by atoms with Gasteiger partial charge in [0.2, 0.25) is 0 Å². The predicted molar refractivity (Wildman–Crippen MR) is 436 cm³/mol. The van der Waals surface area contributed by atoms with Crippen molar-refractivity contribution in [3.63, 3.8) is 0 Å². The van der Waals surface area contributed by atoms with Crippen molar-refractivity contribution in [3.05, 3.63) is 194 Å². The number of ether oxygens (including phenoxy) is 4. The van der Waals surface area contributed by atoms with Crippen LogP contribution in [0.4, 0.5) is 0 Å². The number of aliphatic hydroxyl groups excluding tert-OH is 1. The molecule has 0 spiro atoms. The maximum absolute atomic E-state index is 13.1. The average molecular weight is 1520 g/mol. The van der Waals surface area contributed by atoms with E-state index in [1.807, 2.05) is 30.4 Å². The molecule has 0 saturated carbocycles. The second-order valence-corrected chi connectivity index (χ2v) is 28.4. The molecule has 598 valence electrons. The zero-order valence-electron chi connectivity index (χ0n) is 65.3. The lowest BCUT2D eigenvalue weighted by atomic mass is 10.1. The molecule has 3 N–H and O–H groups in total. The fourth-order valence-electron chi connectivity index (χ4n) is 9.64. The summed E-state index contributed by atoms with van der Waals surface area (Å²) in [4.78, 5) is 73.0. The number of hydrogen-bond acceptors (Lipinski definition) is 15. The van der Waals surface area contributed by atoms with Gasteiger partial charge in [-0.2, -0.15) is 0 Å². The van der Waals surface area contributed by atoms with Gasteiger partial charge >= 0.3 is 39.5 Å². The second-order valence-electron chi connectivity index (χ2n) is 25.5. The standard InChI is InChI=1S/C87H138O17P2/c1-5-9-13-17-21-25-29-33-37-39-40-42-45-48-52-56-60-64-68-72-85(90)98-78-83(104-87(92)74-70-66-62-58-54-50-46-41-38-34-30-26-22-18-14-10-6-2)80-102-106(95,96)100-76-81(88)75-99-105(93,94)101-79-82(103-86(91)73-69-65-61-57-53-49-44-36-32-28-24-20-16-12-8-4)77-97-84(89)71-67-63-59-55-51-47-43-35-31-27-23-19-15-11-7-3/h9-11,13-15,21-28,33-38,40,42-44,46,50-51,55,58,62-63,67,81-83,88H,5-8,12,16-20,29-32,39,41,45,47-49,52-54,56-57,59-61,64-66,68-80H2,1-4H3,(H,93,94)(H,95,96)/b13-9-,14-10-,15-11-,25-21-,26-22-,27-23-,28-24-,37-33-,38-34-,42-40-,43-35-,44-36-,50-46-,55-51-,62-58-,67-63-. The minimum Gasteiger partial charge on any atom is -0.462 e. The van der Waals surface area contributed by atoms with Gasteiger partial charge in [0.15, 0.2) is 12.2 Å². The lowest BCUT2D eigenvalue weighted by Crippen LogP contribution is -2.30. The summed E-state index contributed by atoms with van der Waals surface area (Å²) in [7, 11) is -10.0.